The van der Waals surface area contributed by atoms with Crippen LogP contribution in [0.5, 0.6) is 0 Å². The molecule has 0 fully saturated rings. The number of halogens is 1. The minimum Gasteiger partial charge on any atom is -0.409 e. The van der Waals surface area contributed by atoms with Gasteiger partial charge in [-0.25, -0.2) is 0 Å². The smallest absolute Gasteiger partial charge is 0.170 e. The highest BCUT2D eigenvalue weighted by Crippen LogP contribution is 2.19. The maximum Gasteiger partial charge on any atom is 0.170 e. The predicted molar refractivity (Wildman–Crippen MR) is 85.7 cm³/mol. The summed E-state index contributed by atoms with van der Waals surface area (Å²) in [4.78, 5) is 0. The highest BCUT2D eigenvalue weighted by Gasteiger charge is 2.21. The molecule has 0 amide bonds. The Kier molecular flexibility index (Phi) is 6.45. The van der Waals surface area contributed by atoms with Gasteiger partial charge in [0.05, 0.1) is 5.60 Å². The van der Waals surface area contributed by atoms with Crippen molar-refractivity contribution in [3.8, 4) is 0 Å². The lowest BCUT2D eigenvalue weighted by Crippen LogP contribution is -2.38. The first-order chi connectivity index (χ1) is 9.75. The molecule has 1 atom stereocenters. The molecule has 0 saturated carbocycles. The van der Waals surface area contributed by atoms with Crippen molar-refractivity contribution in [1.82, 2.24) is 5.32 Å². The molecule has 21 heavy (non-hydrogen) atoms. The number of benzene rings is 1. The van der Waals surface area contributed by atoms with Crippen LogP contribution in [0, 0.1) is 5.92 Å². The zero-order valence-corrected chi connectivity index (χ0v) is 13.5. The van der Waals surface area contributed by atoms with Crippen LogP contribution in [-0.2, 0) is 6.54 Å². The van der Waals surface area contributed by atoms with E-state index < -0.39 is 5.60 Å². The molecule has 0 aliphatic rings. The molecular weight excluding hydrogens is 290 g/mol. The first-order valence-electron chi connectivity index (χ1n) is 6.94. The summed E-state index contributed by atoms with van der Waals surface area (Å²) in [6.07, 6.45) is 0.732. The molecule has 1 rings (SSSR count). The normalized spacial score (nSPS) is 15.2. The summed E-state index contributed by atoms with van der Waals surface area (Å²) < 4.78 is 0. The molecule has 1 aromatic carbocycles. The second-order valence-electron chi connectivity index (χ2n) is 5.99. The summed E-state index contributed by atoms with van der Waals surface area (Å²) in [6, 6.07) is 5.21. The number of oxime groups is 1. The molecule has 0 saturated heterocycles. The summed E-state index contributed by atoms with van der Waals surface area (Å²) in [6.45, 7) is 7.02. The number of amidine groups is 1. The molecule has 0 radical (unpaired) electrons. The van der Waals surface area contributed by atoms with Gasteiger partial charge < -0.3 is 21.4 Å². The Labute approximate surface area is 130 Å². The molecule has 0 spiro atoms. The first-order valence-corrected chi connectivity index (χ1v) is 7.32. The molecular formula is C15H24ClN3O2. The number of rotatable bonds is 7. The molecule has 1 aromatic rings. The average Bonchev–Trinajstić information content (AvgIpc) is 2.38. The van der Waals surface area contributed by atoms with Crippen molar-refractivity contribution in [2.24, 2.45) is 16.8 Å². The van der Waals surface area contributed by atoms with Gasteiger partial charge in [-0.3, -0.25) is 0 Å². The van der Waals surface area contributed by atoms with Gasteiger partial charge in [-0.15, -0.1) is 0 Å². The molecule has 5 nitrogen and oxygen atoms in total. The van der Waals surface area contributed by atoms with Gasteiger partial charge in [0.25, 0.3) is 0 Å². The van der Waals surface area contributed by atoms with E-state index in [-0.39, 0.29) is 5.84 Å². The van der Waals surface area contributed by atoms with Gasteiger partial charge in [-0.2, -0.15) is 0 Å². The van der Waals surface area contributed by atoms with E-state index >= 15 is 0 Å². The molecule has 0 aliphatic heterocycles. The van der Waals surface area contributed by atoms with Gasteiger partial charge in [-0.1, -0.05) is 42.7 Å². The third-order valence-electron chi connectivity index (χ3n) is 3.13. The van der Waals surface area contributed by atoms with Crippen LogP contribution in [0.15, 0.2) is 23.4 Å². The Hall–Kier alpha value is -1.30. The number of aliphatic hydroxyl groups is 1. The van der Waals surface area contributed by atoms with E-state index in [0.29, 0.717) is 29.6 Å². The minimum absolute atomic E-state index is 0.0243. The fourth-order valence-corrected chi connectivity index (χ4v) is 2.57. The second-order valence-corrected chi connectivity index (χ2v) is 6.40. The van der Waals surface area contributed by atoms with E-state index in [1.807, 2.05) is 13.0 Å². The topological polar surface area (TPSA) is 90.9 Å². The Morgan fingerprint density at radius 1 is 1.48 bits per heavy atom. The van der Waals surface area contributed by atoms with E-state index in [0.717, 1.165) is 12.0 Å². The summed E-state index contributed by atoms with van der Waals surface area (Å²) in [5.74, 6) is 0.460. The Morgan fingerprint density at radius 3 is 2.67 bits per heavy atom. The monoisotopic (exact) mass is 313 g/mol. The number of nitrogens with two attached hydrogens (primary N) is 1. The van der Waals surface area contributed by atoms with Crippen LogP contribution in [0.1, 0.15) is 38.3 Å². The zero-order chi connectivity index (χ0) is 16.0. The number of hydrogen-bond acceptors (Lipinski definition) is 4. The van der Waals surface area contributed by atoms with E-state index in [2.05, 4.69) is 24.3 Å². The Bertz CT molecular complexity index is 502. The lowest BCUT2D eigenvalue weighted by Gasteiger charge is -2.25. The van der Waals surface area contributed by atoms with Gasteiger partial charge in [-0.05, 0) is 30.9 Å². The average molecular weight is 314 g/mol. The lowest BCUT2D eigenvalue weighted by atomic mass is 9.94. The van der Waals surface area contributed by atoms with Crippen LogP contribution in [0.25, 0.3) is 0 Å². The SMILES string of the molecule is CC(C)CC(C)(O)CNCc1ccc(/C(N)=N/O)cc1Cl. The van der Waals surface area contributed by atoms with Crippen LogP contribution in [0.3, 0.4) is 0 Å². The third kappa shape index (κ3) is 5.91. The van der Waals surface area contributed by atoms with Gasteiger partial charge in [0, 0.05) is 23.7 Å². The number of nitrogens with one attached hydrogen (secondary N) is 1. The van der Waals surface area contributed by atoms with Crippen molar-refractivity contribution >= 4 is 17.4 Å². The van der Waals surface area contributed by atoms with Gasteiger partial charge in [0.1, 0.15) is 0 Å². The summed E-state index contributed by atoms with van der Waals surface area (Å²) in [5.41, 5.74) is 6.23. The van der Waals surface area contributed by atoms with Crippen LogP contribution >= 0.6 is 11.6 Å². The summed E-state index contributed by atoms with van der Waals surface area (Å²) in [7, 11) is 0. The molecule has 5 N–H and O–H groups in total. The van der Waals surface area contributed by atoms with Crippen molar-refractivity contribution in [2.75, 3.05) is 6.54 Å². The Balaban J connectivity index is 2.61. The van der Waals surface area contributed by atoms with Crippen LogP contribution in [-0.4, -0.2) is 28.3 Å². The highest BCUT2D eigenvalue weighted by molar-refractivity contribution is 6.31. The summed E-state index contributed by atoms with van der Waals surface area (Å²) in [5, 5.41) is 25.5. The fraction of sp³-hybridized carbons (Fsp3) is 0.533. The standard InChI is InChI=1S/C15H24ClN3O2/c1-10(2)7-15(3,20)9-18-8-12-5-4-11(6-13(12)16)14(17)19-21/h4-6,10,18,20-21H,7-9H2,1-3H3,(H2,17,19). The van der Waals surface area contributed by atoms with E-state index in [4.69, 9.17) is 22.5 Å². The van der Waals surface area contributed by atoms with Gasteiger partial charge >= 0.3 is 0 Å². The molecule has 0 heterocycles. The van der Waals surface area contributed by atoms with E-state index in [1.165, 1.54) is 0 Å². The van der Waals surface area contributed by atoms with E-state index in [9.17, 15) is 5.11 Å². The van der Waals surface area contributed by atoms with Crippen molar-refractivity contribution < 1.29 is 10.3 Å². The molecule has 0 aromatic heterocycles. The number of nitrogens with zero attached hydrogens (tertiary/aromatic N) is 1. The minimum atomic E-state index is -0.742. The molecule has 0 aliphatic carbocycles. The van der Waals surface area contributed by atoms with Crippen LogP contribution < -0.4 is 11.1 Å². The largest absolute Gasteiger partial charge is 0.409 e. The quantitative estimate of drug-likeness (QED) is 0.269. The second kappa shape index (κ2) is 7.64. The fourth-order valence-electron chi connectivity index (χ4n) is 2.33. The van der Waals surface area contributed by atoms with Crippen LogP contribution in [0.2, 0.25) is 5.02 Å². The van der Waals surface area contributed by atoms with Crippen LogP contribution in [0.4, 0.5) is 0 Å². The molecule has 0 bridgehead atoms. The highest BCUT2D eigenvalue weighted by atomic mass is 35.5. The third-order valence-corrected chi connectivity index (χ3v) is 3.48. The van der Waals surface area contributed by atoms with Crippen molar-refractivity contribution in [3.63, 3.8) is 0 Å². The summed E-state index contributed by atoms with van der Waals surface area (Å²) >= 11 is 6.17. The molecule has 6 heteroatoms. The number of hydrogen-bond donors (Lipinski definition) is 4. The Morgan fingerprint density at radius 2 is 2.14 bits per heavy atom. The maximum atomic E-state index is 10.2. The van der Waals surface area contributed by atoms with Gasteiger partial charge in [0.2, 0.25) is 0 Å². The lowest BCUT2D eigenvalue weighted by molar-refractivity contribution is 0.0383. The van der Waals surface area contributed by atoms with Crippen molar-refractivity contribution in [3.05, 3.63) is 34.3 Å². The first kappa shape index (κ1) is 17.8. The molecule has 1 unspecified atom stereocenters. The molecule has 118 valence electrons. The van der Waals surface area contributed by atoms with Gasteiger partial charge in [0.15, 0.2) is 5.84 Å². The van der Waals surface area contributed by atoms with E-state index in [1.54, 1.807) is 12.1 Å². The maximum absolute atomic E-state index is 10.2. The van der Waals surface area contributed by atoms with Crippen molar-refractivity contribution in [1.29, 1.82) is 0 Å². The van der Waals surface area contributed by atoms with Crippen molar-refractivity contribution in [2.45, 2.75) is 39.3 Å². The predicted octanol–water partition coefficient (Wildman–Crippen LogP) is 2.32. The zero-order valence-electron chi connectivity index (χ0n) is 12.7.